The van der Waals surface area contributed by atoms with Crippen LogP contribution in [0.5, 0.6) is 0 Å². The fourth-order valence-electron chi connectivity index (χ4n) is 3.04. The molecule has 0 spiro atoms. The summed E-state index contributed by atoms with van der Waals surface area (Å²) in [6.07, 6.45) is 1.61. The molecule has 1 aromatic heterocycles. The minimum Gasteiger partial charge on any atom is -0.357 e. The van der Waals surface area contributed by atoms with Crippen LogP contribution >= 0.6 is 11.5 Å². The van der Waals surface area contributed by atoms with E-state index in [-0.39, 0.29) is 5.82 Å². The van der Waals surface area contributed by atoms with Crippen LogP contribution in [-0.4, -0.2) is 59.5 Å². The number of anilines is 1. The van der Waals surface area contributed by atoms with Gasteiger partial charge in [0, 0.05) is 57.2 Å². The van der Waals surface area contributed by atoms with Gasteiger partial charge >= 0.3 is 0 Å². The first-order valence-corrected chi connectivity index (χ1v) is 10.3. The number of nitrogens with zero attached hydrogens (tertiary/aromatic N) is 5. The molecule has 1 aromatic carbocycles. The topological polar surface area (TPSA) is 56.7 Å². The van der Waals surface area contributed by atoms with Crippen molar-refractivity contribution in [2.75, 3.05) is 44.2 Å². The maximum Gasteiger partial charge on any atom is 0.205 e. The van der Waals surface area contributed by atoms with E-state index in [1.54, 1.807) is 12.1 Å². The molecule has 0 radical (unpaired) electrons. The molecule has 0 atom stereocenters. The molecule has 146 valence electrons. The van der Waals surface area contributed by atoms with Crippen molar-refractivity contribution >= 4 is 22.6 Å². The average molecular weight is 391 g/mol. The molecule has 1 fully saturated rings. The third kappa shape index (κ3) is 5.38. The molecule has 1 saturated heterocycles. The highest BCUT2D eigenvalue weighted by atomic mass is 32.1. The largest absolute Gasteiger partial charge is 0.357 e. The molecule has 0 saturated carbocycles. The third-order valence-electron chi connectivity index (χ3n) is 4.51. The van der Waals surface area contributed by atoms with Gasteiger partial charge in [-0.1, -0.05) is 19.1 Å². The van der Waals surface area contributed by atoms with Gasteiger partial charge in [0.15, 0.2) is 5.96 Å². The summed E-state index contributed by atoms with van der Waals surface area (Å²) in [4.78, 5) is 13.9. The molecule has 8 heteroatoms. The number of hydrogen-bond acceptors (Lipinski definition) is 5. The van der Waals surface area contributed by atoms with Gasteiger partial charge in [-0.15, -0.1) is 0 Å². The van der Waals surface area contributed by atoms with Crippen molar-refractivity contribution in [1.82, 2.24) is 19.6 Å². The molecule has 2 heterocycles. The average Bonchev–Trinajstić information content (AvgIpc) is 3.17. The second-order valence-corrected chi connectivity index (χ2v) is 7.17. The first kappa shape index (κ1) is 19.5. The first-order chi connectivity index (χ1) is 13.2. The minimum atomic E-state index is -0.192. The van der Waals surface area contributed by atoms with Crippen molar-refractivity contribution < 1.29 is 4.39 Å². The number of aliphatic imine (C=N–C) groups is 1. The number of benzene rings is 1. The molecule has 0 amide bonds. The van der Waals surface area contributed by atoms with Gasteiger partial charge in [-0.2, -0.15) is 4.37 Å². The zero-order chi connectivity index (χ0) is 19.1. The van der Waals surface area contributed by atoms with E-state index in [2.05, 4.69) is 38.3 Å². The number of piperazine rings is 1. The second kappa shape index (κ2) is 9.64. The summed E-state index contributed by atoms with van der Waals surface area (Å²) >= 11 is 1.48. The zero-order valence-electron chi connectivity index (χ0n) is 16.0. The lowest BCUT2D eigenvalue weighted by atomic mass is 10.1. The Labute approximate surface area is 164 Å². The number of guanidine groups is 1. The van der Waals surface area contributed by atoms with Crippen molar-refractivity contribution in [2.24, 2.45) is 4.99 Å². The molecule has 1 aliphatic heterocycles. The Bertz CT molecular complexity index is 754. The van der Waals surface area contributed by atoms with Crippen molar-refractivity contribution in [3.8, 4) is 0 Å². The number of halogens is 1. The van der Waals surface area contributed by atoms with Gasteiger partial charge in [0.25, 0.3) is 0 Å². The summed E-state index contributed by atoms with van der Waals surface area (Å²) < 4.78 is 17.7. The van der Waals surface area contributed by atoms with Crippen LogP contribution < -0.4 is 10.2 Å². The quantitative estimate of drug-likeness (QED) is 0.607. The molecule has 1 aliphatic rings. The zero-order valence-corrected chi connectivity index (χ0v) is 16.8. The van der Waals surface area contributed by atoms with Crippen LogP contribution in [0.25, 0.3) is 0 Å². The van der Waals surface area contributed by atoms with Crippen molar-refractivity contribution in [3.05, 3.63) is 41.5 Å². The van der Waals surface area contributed by atoms with Gasteiger partial charge in [0.2, 0.25) is 5.13 Å². The highest BCUT2D eigenvalue weighted by Crippen LogP contribution is 2.19. The lowest BCUT2D eigenvalue weighted by Crippen LogP contribution is -2.52. The summed E-state index contributed by atoms with van der Waals surface area (Å²) in [6, 6.07) is 6.73. The molecule has 0 bridgehead atoms. The van der Waals surface area contributed by atoms with Crippen LogP contribution in [0.3, 0.4) is 0 Å². The number of aromatic nitrogens is 2. The van der Waals surface area contributed by atoms with E-state index in [0.717, 1.165) is 68.0 Å². The van der Waals surface area contributed by atoms with E-state index in [9.17, 15) is 4.39 Å². The Hall–Kier alpha value is -2.22. The Morgan fingerprint density at radius 3 is 2.74 bits per heavy atom. The van der Waals surface area contributed by atoms with E-state index in [1.807, 2.05) is 6.07 Å². The molecule has 27 heavy (non-hydrogen) atoms. The standard InChI is InChI=1S/C19H27FN6S/c1-3-17-23-19(27-24-17)26-12-10-25(11-13-26)18(21-4-2)22-9-8-15-6-5-7-16(20)14-15/h5-7,14H,3-4,8-13H2,1-2H3,(H,21,22). The highest BCUT2D eigenvalue weighted by molar-refractivity contribution is 7.09. The van der Waals surface area contributed by atoms with Gasteiger partial charge in [-0.25, -0.2) is 9.37 Å². The fourth-order valence-corrected chi connectivity index (χ4v) is 3.84. The number of hydrogen-bond donors (Lipinski definition) is 1. The Balaban J connectivity index is 1.55. The van der Waals surface area contributed by atoms with Crippen molar-refractivity contribution in [1.29, 1.82) is 0 Å². The van der Waals surface area contributed by atoms with Crippen LogP contribution in [0.4, 0.5) is 9.52 Å². The van der Waals surface area contributed by atoms with E-state index < -0.39 is 0 Å². The van der Waals surface area contributed by atoms with E-state index in [0.29, 0.717) is 6.54 Å². The molecule has 0 unspecified atom stereocenters. The summed E-state index contributed by atoms with van der Waals surface area (Å²) in [5, 5.41) is 4.39. The maximum atomic E-state index is 13.3. The van der Waals surface area contributed by atoms with Crippen LogP contribution in [-0.2, 0) is 12.8 Å². The number of nitrogens with one attached hydrogen (secondary N) is 1. The normalized spacial score (nSPS) is 15.3. The van der Waals surface area contributed by atoms with Crippen LogP contribution in [0.1, 0.15) is 25.2 Å². The smallest absolute Gasteiger partial charge is 0.205 e. The molecule has 6 nitrogen and oxygen atoms in total. The number of rotatable bonds is 6. The monoisotopic (exact) mass is 390 g/mol. The number of aryl methyl sites for hydroxylation is 1. The lowest BCUT2D eigenvalue weighted by Gasteiger charge is -2.36. The van der Waals surface area contributed by atoms with E-state index in [1.165, 1.54) is 17.6 Å². The predicted octanol–water partition coefficient (Wildman–Crippen LogP) is 2.57. The lowest BCUT2D eigenvalue weighted by molar-refractivity contribution is 0.372. The van der Waals surface area contributed by atoms with Crippen LogP contribution in [0, 0.1) is 5.82 Å². The van der Waals surface area contributed by atoms with Crippen molar-refractivity contribution in [3.63, 3.8) is 0 Å². The van der Waals surface area contributed by atoms with E-state index >= 15 is 0 Å². The van der Waals surface area contributed by atoms with Gasteiger partial charge in [0.05, 0.1) is 0 Å². The summed E-state index contributed by atoms with van der Waals surface area (Å²) in [5.74, 6) is 1.66. The second-order valence-electron chi connectivity index (χ2n) is 6.44. The van der Waals surface area contributed by atoms with Crippen LogP contribution in [0.15, 0.2) is 29.3 Å². The molecule has 0 aliphatic carbocycles. The molecular formula is C19H27FN6S. The minimum absolute atomic E-state index is 0.192. The fraction of sp³-hybridized carbons (Fsp3) is 0.526. The van der Waals surface area contributed by atoms with Gasteiger partial charge in [-0.3, -0.25) is 4.99 Å². The summed E-state index contributed by atoms with van der Waals surface area (Å²) in [7, 11) is 0. The molecule has 2 aromatic rings. The van der Waals surface area contributed by atoms with Gasteiger partial charge < -0.3 is 15.1 Å². The maximum absolute atomic E-state index is 13.3. The molecule has 1 N–H and O–H groups in total. The van der Waals surface area contributed by atoms with E-state index in [4.69, 9.17) is 4.99 Å². The third-order valence-corrected chi connectivity index (χ3v) is 5.32. The van der Waals surface area contributed by atoms with Crippen LogP contribution in [0.2, 0.25) is 0 Å². The molecular weight excluding hydrogens is 363 g/mol. The Kier molecular flexibility index (Phi) is 6.98. The predicted molar refractivity (Wildman–Crippen MR) is 109 cm³/mol. The van der Waals surface area contributed by atoms with Gasteiger partial charge in [0.1, 0.15) is 11.6 Å². The first-order valence-electron chi connectivity index (χ1n) is 9.54. The SMILES string of the molecule is CCNC(=NCCc1cccc(F)c1)N1CCN(c2nc(CC)ns2)CC1. The van der Waals surface area contributed by atoms with Gasteiger partial charge in [-0.05, 0) is 31.0 Å². The molecule has 3 rings (SSSR count). The Morgan fingerprint density at radius 1 is 1.26 bits per heavy atom. The highest BCUT2D eigenvalue weighted by Gasteiger charge is 2.21. The summed E-state index contributed by atoms with van der Waals surface area (Å²) in [5.41, 5.74) is 0.974. The summed E-state index contributed by atoms with van der Waals surface area (Å²) in [6.45, 7) is 9.23. The van der Waals surface area contributed by atoms with Crippen molar-refractivity contribution in [2.45, 2.75) is 26.7 Å². The Morgan fingerprint density at radius 2 is 2.07 bits per heavy atom.